The van der Waals surface area contributed by atoms with Crippen LogP contribution >= 0.6 is 0 Å². The normalized spacial score (nSPS) is 10.0. The molecule has 0 spiro atoms. The average Bonchev–Trinajstić information content (AvgIpc) is 2.63. The van der Waals surface area contributed by atoms with Crippen LogP contribution in [0.2, 0.25) is 0 Å². The number of rotatable bonds is 10. The minimum absolute atomic E-state index is 0.189. The molecule has 0 atom stereocenters. The molecule has 0 saturated carbocycles. The van der Waals surface area contributed by atoms with Gasteiger partial charge in [-0.1, -0.05) is 6.92 Å². The molecule has 0 radical (unpaired) electrons. The second kappa shape index (κ2) is 11.9. The van der Waals surface area contributed by atoms with Crippen molar-refractivity contribution in [2.75, 3.05) is 20.3 Å². The first-order valence-corrected chi connectivity index (χ1v) is 8.25. The van der Waals surface area contributed by atoms with Gasteiger partial charge in [-0.05, 0) is 49.9 Å². The Morgan fingerprint density at radius 3 is 2.04 bits per heavy atom. The van der Waals surface area contributed by atoms with Gasteiger partial charge in [0, 0.05) is 6.42 Å². The molecule has 0 fully saturated rings. The lowest BCUT2D eigenvalue weighted by Crippen LogP contribution is -2.11. The number of carbonyl (C=O) groups excluding carboxylic acids is 3. The number of unbranched alkanes of at least 4 members (excludes halogenated alkanes) is 3. The van der Waals surface area contributed by atoms with Gasteiger partial charge in [-0.25, -0.2) is 9.59 Å². The lowest BCUT2D eigenvalue weighted by Gasteiger charge is -2.07. The smallest absolute Gasteiger partial charge is 0.466 e. The Bertz CT molecular complexity index is 551. The Labute approximate surface area is 147 Å². The van der Waals surface area contributed by atoms with Gasteiger partial charge in [0.05, 0.1) is 25.9 Å². The highest BCUT2D eigenvalue weighted by molar-refractivity contribution is 5.89. The van der Waals surface area contributed by atoms with Crippen molar-refractivity contribution in [3.63, 3.8) is 0 Å². The molecule has 1 aromatic rings. The molecule has 138 valence electrons. The van der Waals surface area contributed by atoms with Gasteiger partial charge in [-0.15, -0.1) is 0 Å². The Morgan fingerprint density at radius 1 is 0.880 bits per heavy atom. The van der Waals surface area contributed by atoms with Crippen molar-refractivity contribution in [3.8, 4) is 5.75 Å². The molecule has 0 amide bonds. The molecule has 0 aliphatic carbocycles. The summed E-state index contributed by atoms with van der Waals surface area (Å²) in [6.07, 6.45) is 2.86. The highest BCUT2D eigenvalue weighted by Gasteiger charge is 2.08. The van der Waals surface area contributed by atoms with Gasteiger partial charge >= 0.3 is 18.1 Å². The van der Waals surface area contributed by atoms with Crippen LogP contribution in [0.15, 0.2) is 24.3 Å². The summed E-state index contributed by atoms with van der Waals surface area (Å²) < 4.78 is 19.5. The third-order valence-corrected chi connectivity index (χ3v) is 3.29. The zero-order valence-electron chi connectivity index (χ0n) is 14.6. The lowest BCUT2D eigenvalue weighted by atomic mass is 10.2. The largest absolute Gasteiger partial charge is 0.513 e. The lowest BCUT2D eigenvalue weighted by molar-refractivity contribution is -0.143. The Hall–Kier alpha value is -2.57. The molecule has 0 bridgehead atoms. The van der Waals surface area contributed by atoms with Crippen molar-refractivity contribution in [2.45, 2.75) is 39.0 Å². The van der Waals surface area contributed by atoms with Crippen LogP contribution in [0.5, 0.6) is 5.75 Å². The van der Waals surface area contributed by atoms with Gasteiger partial charge in [-0.2, -0.15) is 0 Å². The van der Waals surface area contributed by atoms with Gasteiger partial charge < -0.3 is 18.9 Å². The van der Waals surface area contributed by atoms with Crippen LogP contribution in [0.1, 0.15) is 49.4 Å². The molecule has 0 aromatic heterocycles. The van der Waals surface area contributed by atoms with E-state index >= 15 is 0 Å². The van der Waals surface area contributed by atoms with E-state index in [0.717, 1.165) is 19.3 Å². The number of benzene rings is 1. The molecule has 7 nitrogen and oxygen atoms in total. The van der Waals surface area contributed by atoms with Crippen LogP contribution in [0.3, 0.4) is 0 Å². The fourth-order valence-corrected chi connectivity index (χ4v) is 1.90. The first kappa shape index (κ1) is 20.5. The van der Waals surface area contributed by atoms with Crippen LogP contribution in [-0.4, -0.2) is 38.4 Å². The van der Waals surface area contributed by atoms with Crippen LogP contribution in [0.4, 0.5) is 4.79 Å². The molecular formula is C18H24O7. The highest BCUT2D eigenvalue weighted by Crippen LogP contribution is 2.13. The Kier molecular flexibility index (Phi) is 9.74. The summed E-state index contributed by atoms with van der Waals surface area (Å²) in [5, 5.41) is 0. The minimum atomic E-state index is -0.789. The number of esters is 2. The van der Waals surface area contributed by atoms with E-state index in [9.17, 15) is 14.4 Å². The van der Waals surface area contributed by atoms with Gasteiger partial charge in [0.1, 0.15) is 5.75 Å². The molecule has 0 heterocycles. The van der Waals surface area contributed by atoms with Gasteiger partial charge in [-0.3, -0.25) is 4.79 Å². The molecule has 0 N–H and O–H groups in total. The maximum atomic E-state index is 11.5. The number of methoxy groups -OCH3 is 1. The van der Waals surface area contributed by atoms with Gasteiger partial charge in [0.15, 0.2) is 0 Å². The van der Waals surface area contributed by atoms with E-state index in [1.54, 1.807) is 6.92 Å². The molecular weight excluding hydrogens is 328 g/mol. The Morgan fingerprint density at radius 2 is 1.48 bits per heavy atom. The summed E-state index contributed by atoms with van der Waals surface area (Å²) in [6.45, 7) is 2.44. The molecule has 0 aliphatic rings. The van der Waals surface area contributed by atoms with Crippen molar-refractivity contribution in [1.82, 2.24) is 0 Å². The second-order valence-electron chi connectivity index (χ2n) is 5.20. The third-order valence-electron chi connectivity index (χ3n) is 3.29. The quantitative estimate of drug-likeness (QED) is 0.275. The van der Waals surface area contributed by atoms with Crippen molar-refractivity contribution < 1.29 is 33.3 Å². The van der Waals surface area contributed by atoms with Crippen LogP contribution in [-0.2, 0) is 19.0 Å². The van der Waals surface area contributed by atoms with Crippen molar-refractivity contribution >= 4 is 18.1 Å². The summed E-state index contributed by atoms with van der Waals surface area (Å²) >= 11 is 0. The van der Waals surface area contributed by atoms with E-state index in [4.69, 9.17) is 14.2 Å². The number of hydrogen-bond donors (Lipinski definition) is 0. The highest BCUT2D eigenvalue weighted by atomic mass is 16.7. The molecule has 25 heavy (non-hydrogen) atoms. The SMILES string of the molecule is CCC(=O)OCCCCCCOC(=O)Oc1ccc(C(=O)OC)cc1. The van der Waals surface area contributed by atoms with E-state index < -0.39 is 12.1 Å². The molecule has 0 saturated heterocycles. The van der Waals surface area contributed by atoms with E-state index in [1.165, 1.54) is 31.4 Å². The molecule has 0 aliphatic heterocycles. The summed E-state index contributed by atoms with van der Waals surface area (Å²) in [5.41, 5.74) is 0.368. The number of ether oxygens (including phenoxy) is 4. The van der Waals surface area contributed by atoms with Gasteiger partial charge in [0.2, 0.25) is 0 Å². The monoisotopic (exact) mass is 352 g/mol. The zero-order chi connectivity index (χ0) is 18.5. The van der Waals surface area contributed by atoms with E-state index in [2.05, 4.69) is 4.74 Å². The maximum Gasteiger partial charge on any atom is 0.513 e. The van der Waals surface area contributed by atoms with E-state index in [1.807, 2.05) is 0 Å². The summed E-state index contributed by atoms with van der Waals surface area (Å²) in [6, 6.07) is 5.98. The molecule has 1 rings (SSSR count). The first-order chi connectivity index (χ1) is 12.1. The summed E-state index contributed by atoms with van der Waals surface area (Å²) in [7, 11) is 1.29. The predicted molar refractivity (Wildman–Crippen MR) is 89.5 cm³/mol. The van der Waals surface area contributed by atoms with E-state index in [-0.39, 0.29) is 18.3 Å². The maximum absolute atomic E-state index is 11.5. The summed E-state index contributed by atoms with van der Waals surface area (Å²) in [5.74, 6) is -0.361. The average molecular weight is 352 g/mol. The fourth-order valence-electron chi connectivity index (χ4n) is 1.90. The standard InChI is InChI=1S/C18H24O7/c1-3-16(19)23-12-6-4-5-7-13-24-18(21)25-15-10-8-14(9-11-15)17(20)22-2/h8-11H,3-7,12-13H2,1-2H3. The van der Waals surface area contributed by atoms with Gasteiger partial charge in [0.25, 0.3) is 0 Å². The first-order valence-electron chi connectivity index (χ1n) is 8.25. The van der Waals surface area contributed by atoms with E-state index in [0.29, 0.717) is 25.0 Å². The third kappa shape index (κ3) is 8.74. The minimum Gasteiger partial charge on any atom is -0.466 e. The molecule has 1 aromatic carbocycles. The van der Waals surface area contributed by atoms with Crippen molar-refractivity contribution in [1.29, 1.82) is 0 Å². The summed E-state index contributed by atoms with van der Waals surface area (Å²) in [4.78, 5) is 33.7. The Balaban J connectivity index is 2.11. The number of hydrogen-bond acceptors (Lipinski definition) is 7. The molecule has 7 heteroatoms. The van der Waals surface area contributed by atoms with Crippen LogP contribution < -0.4 is 4.74 Å². The van der Waals surface area contributed by atoms with Crippen molar-refractivity contribution in [2.24, 2.45) is 0 Å². The second-order valence-corrected chi connectivity index (χ2v) is 5.20. The fraction of sp³-hybridized carbons (Fsp3) is 0.500. The topological polar surface area (TPSA) is 88.1 Å². The van der Waals surface area contributed by atoms with Crippen LogP contribution in [0, 0.1) is 0 Å². The zero-order valence-corrected chi connectivity index (χ0v) is 14.6. The molecule has 0 unspecified atom stereocenters. The van der Waals surface area contributed by atoms with Crippen LogP contribution in [0.25, 0.3) is 0 Å². The van der Waals surface area contributed by atoms with Crippen molar-refractivity contribution in [3.05, 3.63) is 29.8 Å². The number of carbonyl (C=O) groups is 3. The predicted octanol–water partition coefficient (Wildman–Crippen LogP) is 3.50.